The topological polar surface area (TPSA) is 38.8 Å². The molecular weight excluding hydrogens is 302 g/mol. The summed E-state index contributed by atoms with van der Waals surface area (Å²) >= 11 is 0. The monoisotopic (exact) mass is 347 g/mol. The van der Waals surface area contributed by atoms with Crippen molar-refractivity contribution < 1.29 is 36.2 Å². The molecule has 0 bridgehead atoms. The second-order valence-corrected chi connectivity index (χ2v) is 5.41. The second-order valence-electron chi connectivity index (χ2n) is 5.41. The van der Waals surface area contributed by atoms with Gasteiger partial charge in [0.05, 0.1) is 19.6 Å². The van der Waals surface area contributed by atoms with Crippen LogP contribution in [0.4, 0.5) is 0 Å². The lowest BCUT2D eigenvalue weighted by Gasteiger charge is -2.43. The predicted octanol–water partition coefficient (Wildman–Crippen LogP) is 3.63. The van der Waals surface area contributed by atoms with Crippen molar-refractivity contribution in [3.63, 3.8) is 0 Å². The van der Waals surface area contributed by atoms with E-state index < -0.39 is 87.4 Å². The lowest BCUT2D eigenvalue weighted by molar-refractivity contribution is -0.129. The van der Waals surface area contributed by atoms with Crippen LogP contribution in [0, 0.1) is 11.8 Å². The average molecular weight is 348 g/mol. The Kier molecular flexibility index (Phi) is 1.88. The van der Waals surface area contributed by atoms with Crippen molar-refractivity contribution in [2.45, 2.75) is 45.3 Å². The van der Waals surface area contributed by atoms with Crippen LogP contribution in [0.15, 0.2) is 12.1 Å². The van der Waals surface area contributed by atoms with Gasteiger partial charge in [0.1, 0.15) is 5.78 Å². The Labute approximate surface area is 167 Å². The fraction of sp³-hybridized carbons (Fsp3) is 0.650. The maximum Gasteiger partial charge on any atom is 0.161 e. The molecule has 0 saturated carbocycles. The molecule has 1 saturated heterocycles. The maximum atomic E-state index is 13.5. The third-order valence-electron chi connectivity index (χ3n) is 4.04. The summed E-state index contributed by atoms with van der Waals surface area (Å²) in [6.07, 6.45) is -10.5. The van der Waals surface area contributed by atoms with Crippen molar-refractivity contribution in [2.24, 2.45) is 11.8 Å². The number of rotatable bonds is 5. The van der Waals surface area contributed by atoms with Crippen LogP contribution in [0.3, 0.4) is 0 Å². The normalized spacial score (nSPS) is 45.6. The molecule has 0 aliphatic carbocycles. The highest BCUT2D eigenvalue weighted by molar-refractivity contribution is 5.83. The van der Waals surface area contributed by atoms with Crippen molar-refractivity contribution in [1.82, 2.24) is 4.90 Å². The molecule has 3 unspecified atom stereocenters. The summed E-state index contributed by atoms with van der Waals surface area (Å²) in [5.41, 5.74) is -0.811. The summed E-state index contributed by atoms with van der Waals surface area (Å²) in [5.74, 6) is -7.49. The van der Waals surface area contributed by atoms with Gasteiger partial charge in [-0.3, -0.25) is 9.69 Å². The molecule has 0 amide bonds. The van der Waals surface area contributed by atoms with Gasteiger partial charge in [-0.2, -0.15) is 0 Å². The first-order chi connectivity index (χ1) is 17.6. The van der Waals surface area contributed by atoms with Gasteiger partial charge >= 0.3 is 0 Å². The number of hydrogen-bond acceptors (Lipinski definition) is 4. The summed E-state index contributed by atoms with van der Waals surface area (Å²) in [5, 5.41) is 0. The lowest BCUT2D eigenvalue weighted by Crippen LogP contribution is -2.46. The Balaban J connectivity index is 2.26. The SMILES string of the molecule is [2H]C([2H])([2H])Oc1cc2c(cc1OC)C1([2H])CC(=O)C(C([2H])([2H])C([2H])(C([2H])([2H])[2H])C([2H])([2H])C)CN1C([2H])([2H])C2([2H])[2H]. The van der Waals surface area contributed by atoms with E-state index in [9.17, 15) is 6.17 Å². The Morgan fingerprint density at radius 3 is 3.08 bits per heavy atom. The summed E-state index contributed by atoms with van der Waals surface area (Å²) in [6.45, 7) is -7.13. The van der Waals surface area contributed by atoms with Crippen LogP contribution in [0.2, 0.25) is 0 Å². The quantitative estimate of drug-likeness (QED) is 0.815. The first-order valence-corrected chi connectivity index (χ1v) is 7.34. The van der Waals surface area contributed by atoms with Crippen LogP contribution in [0.25, 0.3) is 0 Å². The van der Waals surface area contributed by atoms with Crippen molar-refractivity contribution in [2.75, 3.05) is 27.2 Å². The molecule has 3 rings (SSSR count). The highest BCUT2D eigenvalue weighted by Crippen LogP contribution is 2.42. The van der Waals surface area contributed by atoms with Crippen LogP contribution in [0.5, 0.6) is 11.5 Å². The largest absolute Gasteiger partial charge is 0.493 e. The van der Waals surface area contributed by atoms with Crippen LogP contribution >= 0.6 is 0 Å². The third-order valence-corrected chi connectivity index (χ3v) is 4.04. The van der Waals surface area contributed by atoms with E-state index in [0.717, 1.165) is 19.2 Å². The smallest absolute Gasteiger partial charge is 0.161 e. The van der Waals surface area contributed by atoms with E-state index in [1.54, 1.807) is 0 Å². The standard InChI is InChI=1S/C20H29NO3/c1-5-13(2)8-15-12-21-7-6-14-9-19(23-3)20(24-4)10-16(14)17(21)11-18(15)22/h9-10,13,15,17H,5-8,11-12H2,1-4H3/i2D3,3D3,5D2,6D2,7D2,8D2,13D,17D. The minimum Gasteiger partial charge on any atom is -0.493 e. The van der Waals surface area contributed by atoms with E-state index in [0.29, 0.717) is 11.8 Å². The molecule has 2 aliphatic rings. The van der Waals surface area contributed by atoms with Crippen LogP contribution in [-0.2, 0) is 11.2 Å². The number of carbonyl (C=O) groups is 1. The minimum absolute atomic E-state index is 0.267. The van der Waals surface area contributed by atoms with Crippen LogP contribution in [0.1, 0.15) is 72.0 Å². The molecular formula is C20H29NO3. The molecule has 24 heavy (non-hydrogen) atoms. The van der Waals surface area contributed by atoms with Crippen molar-refractivity contribution >= 4 is 5.78 Å². The summed E-state index contributed by atoms with van der Waals surface area (Å²) in [4.78, 5) is 14.0. The summed E-state index contributed by atoms with van der Waals surface area (Å²) in [6, 6.07) is -0.500. The first kappa shape index (κ1) is 6.31. The van der Waals surface area contributed by atoms with Gasteiger partial charge in [-0.1, -0.05) is 20.1 Å². The number of nitrogens with zero attached hydrogens (tertiary/aromatic N) is 1. The zero-order valence-electron chi connectivity index (χ0n) is 29.3. The van der Waals surface area contributed by atoms with Gasteiger partial charge in [0.25, 0.3) is 0 Å². The molecule has 1 fully saturated rings. The minimum atomic E-state index is -3.58. The fourth-order valence-corrected chi connectivity index (χ4v) is 2.77. The van der Waals surface area contributed by atoms with Crippen LogP contribution in [-0.4, -0.2) is 37.9 Å². The molecule has 4 heteroatoms. The number of ether oxygens (including phenoxy) is 2. The highest BCUT2D eigenvalue weighted by atomic mass is 16.5. The molecule has 1 aromatic carbocycles. The number of methoxy groups -OCH3 is 2. The molecule has 0 radical (unpaired) electrons. The van der Waals surface area contributed by atoms with Gasteiger partial charge in [-0.25, -0.2) is 0 Å². The van der Waals surface area contributed by atoms with Crippen molar-refractivity contribution in [1.29, 1.82) is 0 Å². The molecule has 0 N–H and O–H groups in total. The van der Waals surface area contributed by atoms with Gasteiger partial charge in [0, 0.05) is 47.8 Å². The molecule has 3 atom stereocenters. The molecule has 132 valence electrons. The number of fused-ring (bicyclic) bond motifs is 3. The average Bonchev–Trinajstić information content (AvgIpc) is 2.74. The van der Waals surface area contributed by atoms with Gasteiger partial charge in [0.2, 0.25) is 0 Å². The van der Waals surface area contributed by atoms with Crippen molar-refractivity contribution in [3.8, 4) is 11.5 Å². The Hall–Kier alpha value is -1.55. The van der Waals surface area contributed by atoms with E-state index in [4.69, 9.17) is 30.0 Å². The molecule has 2 aliphatic heterocycles. The number of Topliss-reactive ketones (excluding diaryl/α,β-unsaturated/α-hetero) is 1. The maximum absolute atomic E-state index is 13.5. The molecule has 4 nitrogen and oxygen atoms in total. The lowest BCUT2D eigenvalue weighted by atomic mass is 9.79. The van der Waals surface area contributed by atoms with Gasteiger partial charge in [-0.15, -0.1) is 0 Å². The summed E-state index contributed by atoms with van der Waals surface area (Å²) in [7, 11) is -1.86. The Morgan fingerprint density at radius 2 is 2.38 bits per heavy atom. The first-order valence-electron chi connectivity index (χ1n) is 15.3. The molecule has 0 spiro atoms. The van der Waals surface area contributed by atoms with E-state index >= 15 is 0 Å². The van der Waals surface area contributed by atoms with Crippen molar-refractivity contribution in [3.05, 3.63) is 23.3 Å². The van der Waals surface area contributed by atoms with Gasteiger partial charge in [0.15, 0.2) is 11.5 Å². The van der Waals surface area contributed by atoms with Crippen LogP contribution < -0.4 is 9.47 Å². The number of hydrogen-bond donors (Lipinski definition) is 0. The molecule has 2 heterocycles. The second kappa shape index (κ2) is 7.14. The van der Waals surface area contributed by atoms with E-state index in [1.807, 2.05) is 0 Å². The van der Waals surface area contributed by atoms with Gasteiger partial charge in [-0.05, 0) is 41.9 Å². The number of ketones is 1. The van der Waals surface area contributed by atoms with E-state index in [-0.39, 0.29) is 11.3 Å². The number of aryl methyl sites for hydroxylation is 1. The predicted molar refractivity (Wildman–Crippen MR) is 94.8 cm³/mol. The number of piperidine rings is 1. The molecule has 1 aromatic rings. The Morgan fingerprint density at radius 1 is 1.54 bits per heavy atom. The number of carbonyl (C=O) groups excluding carboxylic acids is 1. The van der Waals surface area contributed by atoms with E-state index in [2.05, 4.69) is 0 Å². The fourth-order valence-electron chi connectivity index (χ4n) is 2.77. The summed E-state index contributed by atoms with van der Waals surface area (Å²) < 4.78 is 141. The number of benzene rings is 1. The Bertz CT molecular complexity index is 1170. The zero-order valence-corrected chi connectivity index (χ0v) is 13.3. The zero-order chi connectivity index (χ0) is 31.3. The molecule has 0 aromatic heterocycles. The third kappa shape index (κ3) is 3.16. The van der Waals surface area contributed by atoms with E-state index in [1.165, 1.54) is 0 Å². The van der Waals surface area contributed by atoms with Gasteiger partial charge < -0.3 is 9.47 Å². The highest BCUT2D eigenvalue weighted by Gasteiger charge is 2.38.